The quantitative estimate of drug-likeness (QED) is 0.833. The van der Waals surface area contributed by atoms with Crippen LogP contribution in [0.5, 0.6) is 5.75 Å². The van der Waals surface area contributed by atoms with E-state index in [2.05, 4.69) is 0 Å². The van der Waals surface area contributed by atoms with Crippen LogP contribution >= 0.6 is 11.6 Å². The Balaban J connectivity index is 2.32. The molecule has 19 heavy (non-hydrogen) atoms. The van der Waals surface area contributed by atoms with Crippen molar-refractivity contribution < 1.29 is 22.4 Å². The van der Waals surface area contributed by atoms with E-state index in [0.717, 1.165) is 0 Å². The summed E-state index contributed by atoms with van der Waals surface area (Å²) >= 11 is 6.06. The van der Waals surface area contributed by atoms with Crippen molar-refractivity contribution in [3.8, 4) is 5.75 Å². The number of para-hydroxylation sites is 1. The van der Waals surface area contributed by atoms with Gasteiger partial charge in [0.1, 0.15) is 11.9 Å². The highest BCUT2D eigenvalue weighted by atomic mass is 35.5. The lowest BCUT2D eigenvalue weighted by molar-refractivity contribution is -0.204. The van der Waals surface area contributed by atoms with Gasteiger partial charge in [-0.1, -0.05) is 23.7 Å². The van der Waals surface area contributed by atoms with Crippen LogP contribution in [0.3, 0.4) is 0 Å². The Morgan fingerprint density at radius 2 is 2.16 bits per heavy atom. The van der Waals surface area contributed by atoms with Crippen LogP contribution in [0.15, 0.2) is 18.2 Å². The fraction of sp³-hybridized carbons (Fsp3) is 0.455. The Kier molecular flexibility index (Phi) is 3.76. The molecule has 0 fully saturated rings. The maximum absolute atomic E-state index is 10.7. The van der Waals surface area contributed by atoms with Gasteiger partial charge in [0.25, 0.3) is 0 Å². The maximum Gasteiger partial charge on any atom is 0.333 e. The third-order valence-electron chi connectivity index (χ3n) is 2.57. The molecule has 1 aromatic rings. The van der Waals surface area contributed by atoms with Gasteiger partial charge in [0.2, 0.25) is 5.79 Å². The third kappa shape index (κ3) is 3.58. The molecule has 1 aliphatic heterocycles. The molecule has 0 saturated carbocycles. The lowest BCUT2D eigenvalue weighted by atomic mass is 10.1. The van der Waals surface area contributed by atoms with E-state index in [1.54, 1.807) is 32.0 Å². The zero-order chi connectivity index (χ0) is 14.3. The summed E-state index contributed by atoms with van der Waals surface area (Å²) in [7, 11) is -4.28. The molecule has 1 unspecified atom stereocenters. The maximum atomic E-state index is 10.7. The monoisotopic (exact) mass is 307 g/mol. The highest BCUT2D eigenvalue weighted by Crippen LogP contribution is 2.42. The van der Waals surface area contributed by atoms with E-state index in [0.29, 0.717) is 16.3 Å². The van der Waals surface area contributed by atoms with Crippen molar-refractivity contribution in [2.45, 2.75) is 25.7 Å². The predicted molar refractivity (Wildman–Crippen MR) is 69.5 cm³/mol. The highest BCUT2D eigenvalue weighted by Gasteiger charge is 2.35. The van der Waals surface area contributed by atoms with Gasteiger partial charge in [-0.25, -0.2) is 0 Å². The molecule has 1 aromatic carbocycles. The summed E-state index contributed by atoms with van der Waals surface area (Å²) < 4.78 is 43.5. The van der Waals surface area contributed by atoms with Gasteiger partial charge >= 0.3 is 10.3 Å². The van der Waals surface area contributed by atoms with Gasteiger partial charge < -0.3 is 9.47 Å². The minimum absolute atomic E-state index is 0.112. The van der Waals surface area contributed by atoms with Gasteiger partial charge in [-0.15, -0.1) is 0 Å². The molecule has 0 radical (unpaired) electrons. The Morgan fingerprint density at radius 3 is 2.79 bits per heavy atom. The van der Waals surface area contributed by atoms with Crippen LogP contribution in [0.4, 0.5) is 0 Å². The SMILES string of the molecule is CC1(C)Oc2c(Cl)cccc2C(CNS(=O)(=O)O)O1. The number of nitrogens with one attached hydrogen (secondary N) is 1. The molecule has 2 rings (SSSR count). The van der Waals surface area contributed by atoms with Gasteiger partial charge in [0.15, 0.2) is 0 Å². The first-order chi connectivity index (χ1) is 8.68. The van der Waals surface area contributed by atoms with Gasteiger partial charge in [-0.05, 0) is 6.07 Å². The molecule has 0 aromatic heterocycles. The summed E-state index contributed by atoms with van der Waals surface area (Å²) in [6.45, 7) is 3.28. The fourth-order valence-corrected chi connectivity index (χ4v) is 2.48. The summed E-state index contributed by atoms with van der Waals surface area (Å²) in [5.74, 6) is -0.480. The summed E-state index contributed by atoms with van der Waals surface area (Å²) in [4.78, 5) is 0. The highest BCUT2D eigenvalue weighted by molar-refractivity contribution is 7.83. The topological polar surface area (TPSA) is 84.9 Å². The molecule has 0 saturated heterocycles. The van der Waals surface area contributed by atoms with Crippen molar-refractivity contribution in [1.82, 2.24) is 4.72 Å². The summed E-state index contributed by atoms with van der Waals surface area (Å²) in [5, 5.41) is 0.422. The van der Waals surface area contributed by atoms with Crippen molar-refractivity contribution in [3.05, 3.63) is 28.8 Å². The molecule has 106 valence electrons. The van der Waals surface area contributed by atoms with Crippen LogP contribution < -0.4 is 9.46 Å². The molecular weight excluding hydrogens is 294 g/mol. The smallest absolute Gasteiger partial charge is 0.333 e. The van der Waals surface area contributed by atoms with Crippen LogP contribution in [0.1, 0.15) is 25.5 Å². The number of fused-ring (bicyclic) bond motifs is 1. The molecule has 0 spiro atoms. The predicted octanol–water partition coefficient (Wildman–Crippen LogP) is 1.92. The minimum Gasteiger partial charge on any atom is -0.461 e. The lowest BCUT2D eigenvalue weighted by Crippen LogP contribution is -2.41. The van der Waals surface area contributed by atoms with E-state index in [1.165, 1.54) is 0 Å². The normalized spacial score (nSPS) is 21.6. The van der Waals surface area contributed by atoms with E-state index in [-0.39, 0.29) is 6.54 Å². The first-order valence-electron chi connectivity index (χ1n) is 5.55. The number of rotatable bonds is 3. The number of benzene rings is 1. The van der Waals surface area contributed by atoms with Crippen LogP contribution in [0, 0.1) is 0 Å². The Labute approximate surface area is 116 Å². The molecule has 0 aliphatic carbocycles. The fourth-order valence-electron chi connectivity index (χ4n) is 1.90. The van der Waals surface area contributed by atoms with E-state index < -0.39 is 22.2 Å². The second kappa shape index (κ2) is 4.92. The second-order valence-corrected chi connectivity index (χ2v) is 6.24. The second-order valence-electron chi connectivity index (χ2n) is 4.59. The molecular formula is C11H14ClNO5S. The molecule has 1 atom stereocenters. The first-order valence-corrected chi connectivity index (χ1v) is 7.37. The van der Waals surface area contributed by atoms with Crippen molar-refractivity contribution in [1.29, 1.82) is 0 Å². The summed E-state index contributed by atoms with van der Waals surface area (Å²) in [5.41, 5.74) is 0.628. The summed E-state index contributed by atoms with van der Waals surface area (Å²) in [6, 6.07) is 5.12. The molecule has 1 heterocycles. The van der Waals surface area contributed by atoms with Crippen LogP contribution in [-0.2, 0) is 15.0 Å². The first kappa shape index (κ1) is 14.5. The van der Waals surface area contributed by atoms with Crippen LogP contribution in [0.2, 0.25) is 5.02 Å². The Bertz CT molecular complexity index is 587. The van der Waals surface area contributed by atoms with Crippen molar-refractivity contribution in [2.75, 3.05) is 6.54 Å². The number of ether oxygens (including phenoxy) is 2. The van der Waals surface area contributed by atoms with E-state index in [9.17, 15) is 8.42 Å². The molecule has 0 bridgehead atoms. The van der Waals surface area contributed by atoms with Crippen LogP contribution in [0.25, 0.3) is 0 Å². The lowest BCUT2D eigenvalue weighted by Gasteiger charge is -2.38. The molecule has 6 nitrogen and oxygen atoms in total. The Morgan fingerprint density at radius 1 is 1.47 bits per heavy atom. The average Bonchev–Trinajstić information content (AvgIpc) is 2.25. The number of halogens is 1. The number of hydrogen-bond acceptors (Lipinski definition) is 4. The van der Waals surface area contributed by atoms with Gasteiger partial charge in [-0.2, -0.15) is 13.1 Å². The summed E-state index contributed by atoms with van der Waals surface area (Å²) in [6.07, 6.45) is -0.598. The Hall–Kier alpha value is -0.860. The van der Waals surface area contributed by atoms with Crippen molar-refractivity contribution in [2.24, 2.45) is 0 Å². The van der Waals surface area contributed by atoms with E-state index in [4.69, 9.17) is 25.6 Å². The molecule has 8 heteroatoms. The minimum atomic E-state index is -4.28. The van der Waals surface area contributed by atoms with E-state index in [1.807, 2.05) is 4.72 Å². The van der Waals surface area contributed by atoms with Crippen molar-refractivity contribution >= 4 is 21.9 Å². The zero-order valence-corrected chi connectivity index (χ0v) is 12.0. The van der Waals surface area contributed by atoms with Crippen LogP contribution in [-0.4, -0.2) is 25.3 Å². The van der Waals surface area contributed by atoms with Gasteiger partial charge in [-0.3, -0.25) is 4.55 Å². The number of hydrogen-bond donors (Lipinski definition) is 2. The molecule has 2 N–H and O–H groups in total. The standard InChI is InChI=1S/C11H14ClNO5S/c1-11(2)17-9(6-13-19(14,15)16)7-4-3-5-8(12)10(7)18-11/h3-5,9,13H,6H2,1-2H3,(H,14,15,16). The zero-order valence-electron chi connectivity index (χ0n) is 10.4. The van der Waals surface area contributed by atoms with Gasteiger partial charge in [0.05, 0.1) is 5.02 Å². The third-order valence-corrected chi connectivity index (χ3v) is 3.40. The van der Waals surface area contributed by atoms with E-state index >= 15 is 0 Å². The van der Waals surface area contributed by atoms with Crippen molar-refractivity contribution in [3.63, 3.8) is 0 Å². The average molecular weight is 308 g/mol. The largest absolute Gasteiger partial charge is 0.461 e. The molecule has 1 aliphatic rings. The van der Waals surface area contributed by atoms with Gasteiger partial charge in [0, 0.05) is 26.0 Å². The molecule has 0 amide bonds.